The molecule has 0 unspecified atom stereocenters. The van der Waals surface area contributed by atoms with E-state index in [0.29, 0.717) is 11.3 Å². The summed E-state index contributed by atoms with van der Waals surface area (Å²) >= 11 is 3.18. The van der Waals surface area contributed by atoms with Crippen LogP contribution < -0.4 is 10.6 Å². The molecule has 0 aliphatic rings. The van der Waals surface area contributed by atoms with Gasteiger partial charge in [0.1, 0.15) is 11.6 Å². The number of nitrogens with one attached hydrogen (secondary N) is 2. The van der Waals surface area contributed by atoms with E-state index in [2.05, 4.69) is 31.3 Å². The van der Waals surface area contributed by atoms with Crippen molar-refractivity contribution in [3.8, 4) is 0 Å². The first-order chi connectivity index (χ1) is 11.2. The Morgan fingerprint density at radius 1 is 1.25 bits per heavy atom. The van der Waals surface area contributed by atoms with E-state index < -0.39 is 29.6 Å². The maximum absolute atomic E-state index is 12.3. The predicted octanol–water partition coefficient (Wildman–Crippen LogP) is 2.70. The van der Waals surface area contributed by atoms with Gasteiger partial charge in [-0.25, -0.2) is 9.59 Å². The smallest absolute Gasteiger partial charge is 0.408 e. The summed E-state index contributed by atoms with van der Waals surface area (Å²) in [6.07, 6.45) is -0.689. The van der Waals surface area contributed by atoms with Gasteiger partial charge in [0.2, 0.25) is 5.91 Å². The number of anilines is 1. The molecule has 0 saturated heterocycles. The number of hydrogen-bond acceptors (Lipinski definition) is 5. The van der Waals surface area contributed by atoms with Gasteiger partial charge in [-0.1, -0.05) is 22.0 Å². The van der Waals surface area contributed by atoms with Gasteiger partial charge in [-0.3, -0.25) is 4.79 Å². The number of carbonyl (C=O) groups is 3. The van der Waals surface area contributed by atoms with E-state index in [1.165, 1.54) is 13.2 Å². The molecule has 2 amide bonds. The van der Waals surface area contributed by atoms with Crippen molar-refractivity contribution in [2.75, 3.05) is 17.8 Å². The van der Waals surface area contributed by atoms with Gasteiger partial charge < -0.3 is 20.1 Å². The maximum atomic E-state index is 12.3. The van der Waals surface area contributed by atoms with Gasteiger partial charge in [0.25, 0.3) is 0 Å². The van der Waals surface area contributed by atoms with E-state index in [9.17, 15) is 14.4 Å². The molecule has 24 heavy (non-hydrogen) atoms. The van der Waals surface area contributed by atoms with Crippen LogP contribution in [-0.4, -0.2) is 42.1 Å². The lowest BCUT2D eigenvalue weighted by molar-refractivity contribution is -0.117. The molecule has 1 aromatic rings. The van der Waals surface area contributed by atoms with Crippen molar-refractivity contribution < 1.29 is 23.9 Å². The minimum absolute atomic E-state index is 0.203. The van der Waals surface area contributed by atoms with Crippen molar-refractivity contribution in [2.45, 2.75) is 32.4 Å². The zero-order valence-electron chi connectivity index (χ0n) is 14.0. The van der Waals surface area contributed by atoms with Gasteiger partial charge in [-0.2, -0.15) is 0 Å². The highest BCUT2D eigenvalue weighted by Gasteiger charge is 2.23. The topological polar surface area (TPSA) is 93.7 Å². The van der Waals surface area contributed by atoms with Crippen molar-refractivity contribution >= 4 is 39.6 Å². The average molecular weight is 401 g/mol. The number of rotatable bonds is 5. The Labute approximate surface area is 149 Å². The fourth-order valence-corrected chi connectivity index (χ4v) is 2.15. The Balaban J connectivity index is 2.74. The minimum atomic E-state index is -0.832. The van der Waals surface area contributed by atoms with Crippen molar-refractivity contribution in [3.63, 3.8) is 0 Å². The van der Waals surface area contributed by atoms with E-state index in [4.69, 9.17) is 4.74 Å². The Hall–Kier alpha value is -2.09. The highest BCUT2D eigenvalue weighted by atomic mass is 79.9. The van der Waals surface area contributed by atoms with Crippen LogP contribution in [0.5, 0.6) is 0 Å². The van der Waals surface area contributed by atoms with E-state index in [1.54, 1.807) is 39.0 Å². The second-order valence-electron chi connectivity index (χ2n) is 5.91. The van der Waals surface area contributed by atoms with E-state index in [-0.39, 0.29) is 5.33 Å². The van der Waals surface area contributed by atoms with Crippen molar-refractivity contribution in [1.82, 2.24) is 5.32 Å². The highest BCUT2D eigenvalue weighted by molar-refractivity contribution is 9.09. The predicted molar refractivity (Wildman–Crippen MR) is 93.4 cm³/mol. The third-order valence-electron chi connectivity index (χ3n) is 2.71. The summed E-state index contributed by atoms with van der Waals surface area (Å²) in [5.74, 6) is -0.949. The molecular formula is C16H21BrN2O5. The number of benzene rings is 1. The fraction of sp³-hybridized carbons (Fsp3) is 0.438. The maximum Gasteiger partial charge on any atom is 0.408 e. The molecule has 0 bridgehead atoms. The molecule has 2 N–H and O–H groups in total. The molecule has 1 aromatic carbocycles. The highest BCUT2D eigenvalue weighted by Crippen LogP contribution is 2.13. The summed E-state index contributed by atoms with van der Waals surface area (Å²) in [6, 6.07) is 5.47. The Bertz CT molecular complexity index is 613. The van der Waals surface area contributed by atoms with Gasteiger partial charge >= 0.3 is 12.1 Å². The number of esters is 1. The standard InChI is InChI=1S/C16H21BrN2O5/c1-16(2,3)24-15(22)19-12(9-17)13(20)18-11-7-5-6-10(8-11)14(21)23-4/h5-8,12H,9H2,1-4H3,(H,18,20)(H,19,22)/t12-/m0/s1. The summed E-state index contributed by atoms with van der Waals surface area (Å²) in [6.45, 7) is 5.19. The summed E-state index contributed by atoms with van der Waals surface area (Å²) in [5, 5.41) is 5.32. The molecule has 1 rings (SSSR count). The molecule has 0 aliphatic carbocycles. The van der Waals surface area contributed by atoms with Crippen molar-refractivity contribution in [3.05, 3.63) is 29.8 Å². The Morgan fingerprint density at radius 3 is 2.46 bits per heavy atom. The Morgan fingerprint density at radius 2 is 1.92 bits per heavy atom. The summed E-state index contributed by atoms with van der Waals surface area (Å²) in [4.78, 5) is 35.5. The summed E-state index contributed by atoms with van der Waals surface area (Å²) in [5.41, 5.74) is 0.0670. The third kappa shape index (κ3) is 6.57. The van der Waals surface area contributed by atoms with Gasteiger partial charge in [0.05, 0.1) is 12.7 Å². The number of alkyl halides is 1. The molecular weight excluding hydrogens is 380 g/mol. The first kappa shape index (κ1) is 20.0. The second-order valence-corrected chi connectivity index (χ2v) is 6.56. The van der Waals surface area contributed by atoms with Crippen molar-refractivity contribution in [1.29, 1.82) is 0 Å². The van der Waals surface area contributed by atoms with Gasteiger partial charge in [0, 0.05) is 11.0 Å². The van der Waals surface area contributed by atoms with E-state index >= 15 is 0 Å². The molecule has 0 aromatic heterocycles. The Kier molecular flexibility index (Phi) is 7.21. The number of amides is 2. The number of ether oxygens (including phenoxy) is 2. The molecule has 0 saturated carbocycles. The van der Waals surface area contributed by atoms with Gasteiger partial charge in [-0.15, -0.1) is 0 Å². The molecule has 0 heterocycles. The number of methoxy groups -OCH3 is 1. The molecule has 132 valence electrons. The zero-order chi connectivity index (χ0) is 18.3. The van der Waals surface area contributed by atoms with E-state index in [0.717, 1.165) is 0 Å². The molecule has 0 radical (unpaired) electrons. The van der Waals surface area contributed by atoms with Crippen LogP contribution in [0.25, 0.3) is 0 Å². The summed E-state index contributed by atoms with van der Waals surface area (Å²) < 4.78 is 9.75. The van der Waals surface area contributed by atoms with Crippen LogP contribution in [0, 0.1) is 0 Å². The van der Waals surface area contributed by atoms with Crippen LogP contribution in [-0.2, 0) is 14.3 Å². The second kappa shape index (κ2) is 8.68. The number of carbonyl (C=O) groups excluding carboxylic acids is 3. The minimum Gasteiger partial charge on any atom is -0.465 e. The zero-order valence-corrected chi connectivity index (χ0v) is 15.6. The quantitative estimate of drug-likeness (QED) is 0.585. The number of halogens is 1. The van der Waals surface area contributed by atoms with Crippen LogP contribution in [0.1, 0.15) is 31.1 Å². The normalized spacial score (nSPS) is 12.0. The molecule has 0 spiro atoms. The number of alkyl carbamates (subject to hydrolysis) is 1. The van der Waals surface area contributed by atoms with Crippen LogP contribution >= 0.6 is 15.9 Å². The lowest BCUT2D eigenvalue weighted by atomic mass is 10.2. The SMILES string of the molecule is COC(=O)c1cccc(NC(=O)[C@H](CBr)NC(=O)OC(C)(C)C)c1. The van der Waals surface area contributed by atoms with Gasteiger partial charge in [0.15, 0.2) is 0 Å². The summed E-state index contributed by atoms with van der Waals surface area (Å²) in [7, 11) is 1.28. The lowest BCUT2D eigenvalue weighted by Crippen LogP contribution is -2.46. The van der Waals surface area contributed by atoms with E-state index in [1.807, 2.05) is 0 Å². The lowest BCUT2D eigenvalue weighted by Gasteiger charge is -2.22. The average Bonchev–Trinajstić information content (AvgIpc) is 2.50. The molecule has 1 atom stereocenters. The third-order valence-corrected chi connectivity index (χ3v) is 3.36. The first-order valence-electron chi connectivity index (χ1n) is 7.21. The fourth-order valence-electron chi connectivity index (χ4n) is 1.70. The van der Waals surface area contributed by atoms with Crippen LogP contribution in [0.3, 0.4) is 0 Å². The van der Waals surface area contributed by atoms with Crippen molar-refractivity contribution in [2.24, 2.45) is 0 Å². The molecule has 0 fully saturated rings. The molecule has 7 nitrogen and oxygen atoms in total. The van der Waals surface area contributed by atoms with Crippen LogP contribution in [0.4, 0.5) is 10.5 Å². The van der Waals surface area contributed by atoms with Crippen LogP contribution in [0.2, 0.25) is 0 Å². The molecule has 8 heteroatoms. The monoisotopic (exact) mass is 400 g/mol. The molecule has 0 aliphatic heterocycles. The van der Waals surface area contributed by atoms with Gasteiger partial charge in [-0.05, 0) is 39.0 Å². The van der Waals surface area contributed by atoms with Crippen LogP contribution in [0.15, 0.2) is 24.3 Å². The number of hydrogen-bond donors (Lipinski definition) is 2. The first-order valence-corrected chi connectivity index (χ1v) is 8.33. The largest absolute Gasteiger partial charge is 0.465 e.